The lowest BCUT2D eigenvalue weighted by Crippen LogP contribution is -2.36. The minimum Gasteiger partial charge on any atom is -0.476 e. The third kappa shape index (κ3) is 3.91. The fourth-order valence-electron chi connectivity index (χ4n) is 2.53. The van der Waals surface area contributed by atoms with Crippen LogP contribution in [-0.2, 0) is 0 Å². The summed E-state index contributed by atoms with van der Waals surface area (Å²) >= 11 is 0. The standard InChI is InChI=1S/C14H20N4O3/c1-17-7-5-10(8-17)9-18(2)14(21)16-11-4-3-6-15-12(11)13(19)20/h3-4,6,10H,5,7-9H2,1-2H3,(H,16,21)(H,19,20). The number of hydrogen-bond donors (Lipinski definition) is 2. The van der Waals surface area contributed by atoms with E-state index in [4.69, 9.17) is 5.11 Å². The Labute approximate surface area is 123 Å². The SMILES string of the molecule is CN1CCC(CN(C)C(=O)Nc2cccnc2C(=O)O)C1. The van der Waals surface area contributed by atoms with Gasteiger partial charge < -0.3 is 20.2 Å². The number of amides is 2. The zero-order valence-electron chi connectivity index (χ0n) is 12.2. The number of carbonyl (C=O) groups is 2. The molecule has 2 rings (SSSR count). The van der Waals surface area contributed by atoms with Crippen molar-refractivity contribution < 1.29 is 14.7 Å². The summed E-state index contributed by atoms with van der Waals surface area (Å²) in [5.74, 6) is -0.704. The number of aromatic nitrogens is 1. The molecule has 0 bridgehead atoms. The number of anilines is 1. The largest absolute Gasteiger partial charge is 0.476 e. The van der Waals surface area contributed by atoms with Gasteiger partial charge in [0.1, 0.15) is 0 Å². The second-order valence-electron chi connectivity index (χ2n) is 5.43. The number of carboxylic acid groups (broad SMARTS) is 1. The topological polar surface area (TPSA) is 85.8 Å². The molecule has 7 nitrogen and oxygen atoms in total. The molecule has 1 aliphatic heterocycles. The van der Waals surface area contributed by atoms with E-state index in [0.29, 0.717) is 12.5 Å². The molecule has 0 saturated carbocycles. The Bertz CT molecular complexity index is 535. The molecule has 1 aliphatic rings. The molecule has 1 fully saturated rings. The Morgan fingerprint density at radius 1 is 1.57 bits per heavy atom. The van der Waals surface area contributed by atoms with Crippen LogP contribution in [0.25, 0.3) is 0 Å². The van der Waals surface area contributed by atoms with E-state index in [1.54, 1.807) is 18.0 Å². The molecule has 1 aromatic rings. The van der Waals surface area contributed by atoms with Crippen LogP contribution in [-0.4, -0.2) is 65.6 Å². The van der Waals surface area contributed by atoms with E-state index in [1.165, 1.54) is 12.3 Å². The molecule has 7 heteroatoms. The normalized spacial score (nSPS) is 18.5. The fraction of sp³-hybridized carbons (Fsp3) is 0.500. The summed E-state index contributed by atoms with van der Waals surface area (Å²) in [6.07, 6.45) is 2.46. The molecule has 2 amide bonds. The number of hydrogen-bond acceptors (Lipinski definition) is 4. The van der Waals surface area contributed by atoms with Crippen molar-refractivity contribution in [2.45, 2.75) is 6.42 Å². The summed E-state index contributed by atoms with van der Waals surface area (Å²) in [6, 6.07) is 2.81. The summed E-state index contributed by atoms with van der Waals surface area (Å²) in [5.41, 5.74) is 0.0604. The van der Waals surface area contributed by atoms with Gasteiger partial charge in [-0.2, -0.15) is 0 Å². The first-order valence-corrected chi connectivity index (χ1v) is 6.86. The van der Waals surface area contributed by atoms with Gasteiger partial charge in [0.2, 0.25) is 0 Å². The van der Waals surface area contributed by atoms with E-state index in [-0.39, 0.29) is 17.4 Å². The molecular weight excluding hydrogens is 272 g/mol. The molecule has 1 aromatic heterocycles. The van der Waals surface area contributed by atoms with Crippen molar-refractivity contribution in [3.63, 3.8) is 0 Å². The van der Waals surface area contributed by atoms with Crippen LogP contribution in [0.3, 0.4) is 0 Å². The minimum absolute atomic E-state index is 0.153. The van der Waals surface area contributed by atoms with E-state index in [1.807, 2.05) is 0 Å². The monoisotopic (exact) mass is 292 g/mol. The van der Waals surface area contributed by atoms with Crippen LogP contribution in [0.15, 0.2) is 18.3 Å². The average molecular weight is 292 g/mol. The first-order valence-electron chi connectivity index (χ1n) is 6.86. The van der Waals surface area contributed by atoms with E-state index >= 15 is 0 Å². The van der Waals surface area contributed by atoms with Crippen LogP contribution >= 0.6 is 0 Å². The van der Waals surface area contributed by atoms with Crippen molar-refractivity contribution in [1.29, 1.82) is 0 Å². The summed E-state index contributed by atoms with van der Waals surface area (Å²) in [6.45, 7) is 2.68. The third-order valence-corrected chi connectivity index (χ3v) is 3.62. The molecule has 21 heavy (non-hydrogen) atoms. The molecule has 1 saturated heterocycles. The van der Waals surface area contributed by atoms with Gasteiger partial charge in [-0.05, 0) is 38.1 Å². The summed E-state index contributed by atoms with van der Waals surface area (Å²) in [5, 5.41) is 11.7. The first kappa shape index (κ1) is 15.2. The van der Waals surface area contributed by atoms with Crippen LogP contribution in [0.5, 0.6) is 0 Å². The highest BCUT2D eigenvalue weighted by Gasteiger charge is 2.23. The maximum absolute atomic E-state index is 12.1. The Morgan fingerprint density at radius 3 is 2.95 bits per heavy atom. The maximum Gasteiger partial charge on any atom is 0.356 e. The number of aromatic carboxylic acids is 1. The molecule has 0 aromatic carbocycles. The number of urea groups is 1. The predicted molar refractivity (Wildman–Crippen MR) is 78.4 cm³/mol. The van der Waals surface area contributed by atoms with Gasteiger partial charge in [0.15, 0.2) is 5.69 Å². The van der Waals surface area contributed by atoms with Crippen LogP contribution in [0.1, 0.15) is 16.9 Å². The highest BCUT2D eigenvalue weighted by atomic mass is 16.4. The van der Waals surface area contributed by atoms with Crippen molar-refractivity contribution >= 4 is 17.7 Å². The molecule has 2 heterocycles. The lowest BCUT2D eigenvalue weighted by molar-refractivity contribution is 0.0691. The number of pyridine rings is 1. The zero-order valence-corrected chi connectivity index (χ0v) is 12.2. The minimum atomic E-state index is -1.16. The van der Waals surface area contributed by atoms with Crippen LogP contribution in [0.4, 0.5) is 10.5 Å². The zero-order chi connectivity index (χ0) is 15.4. The number of carbonyl (C=O) groups excluding carboxylic acids is 1. The second-order valence-corrected chi connectivity index (χ2v) is 5.43. The smallest absolute Gasteiger partial charge is 0.356 e. The third-order valence-electron chi connectivity index (χ3n) is 3.62. The summed E-state index contributed by atoms with van der Waals surface area (Å²) < 4.78 is 0. The fourth-order valence-corrected chi connectivity index (χ4v) is 2.53. The van der Waals surface area contributed by atoms with Crippen molar-refractivity contribution in [3.8, 4) is 0 Å². The Hall–Kier alpha value is -2.15. The van der Waals surface area contributed by atoms with Gasteiger partial charge in [0, 0.05) is 26.3 Å². The number of nitrogens with one attached hydrogen (secondary N) is 1. The summed E-state index contributed by atoms with van der Waals surface area (Å²) in [4.78, 5) is 30.8. The van der Waals surface area contributed by atoms with E-state index in [2.05, 4.69) is 22.2 Å². The Kier molecular flexibility index (Phi) is 4.74. The highest BCUT2D eigenvalue weighted by Crippen LogP contribution is 2.16. The van der Waals surface area contributed by atoms with Crippen LogP contribution in [0, 0.1) is 5.92 Å². The van der Waals surface area contributed by atoms with Gasteiger partial charge in [0.05, 0.1) is 5.69 Å². The molecule has 2 N–H and O–H groups in total. The van der Waals surface area contributed by atoms with Gasteiger partial charge in [-0.15, -0.1) is 0 Å². The number of nitrogens with zero attached hydrogens (tertiary/aromatic N) is 3. The Morgan fingerprint density at radius 2 is 2.33 bits per heavy atom. The number of carboxylic acids is 1. The van der Waals surface area contributed by atoms with Gasteiger partial charge in [-0.3, -0.25) is 0 Å². The van der Waals surface area contributed by atoms with Crippen molar-refractivity contribution in [1.82, 2.24) is 14.8 Å². The van der Waals surface area contributed by atoms with Crippen molar-refractivity contribution in [2.24, 2.45) is 5.92 Å². The lowest BCUT2D eigenvalue weighted by atomic mass is 10.1. The average Bonchev–Trinajstić information content (AvgIpc) is 2.84. The van der Waals surface area contributed by atoms with E-state index < -0.39 is 5.97 Å². The van der Waals surface area contributed by atoms with Crippen LogP contribution in [0.2, 0.25) is 0 Å². The highest BCUT2D eigenvalue weighted by molar-refractivity contribution is 5.98. The molecule has 1 atom stereocenters. The molecular formula is C14H20N4O3. The lowest BCUT2D eigenvalue weighted by Gasteiger charge is -2.22. The molecule has 1 unspecified atom stereocenters. The van der Waals surface area contributed by atoms with Gasteiger partial charge in [0.25, 0.3) is 0 Å². The van der Waals surface area contributed by atoms with Gasteiger partial charge >= 0.3 is 12.0 Å². The quantitative estimate of drug-likeness (QED) is 0.870. The van der Waals surface area contributed by atoms with Crippen LogP contribution < -0.4 is 5.32 Å². The summed E-state index contributed by atoms with van der Waals surface area (Å²) in [7, 11) is 3.78. The van der Waals surface area contributed by atoms with Crippen molar-refractivity contribution in [3.05, 3.63) is 24.0 Å². The molecule has 0 spiro atoms. The van der Waals surface area contributed by atoms with Gasteiger partial charge in [-0.25, -0.2) is 14.6 Å². The van der Waals surface area contributed by atoms with E-state index in [9.17, 15) is 9.59 Å². The molecule has 114 valence electrons. The maximum atomic E-state index is 12.1. The second kappa shape index (κ2) is 6.53. The predicted octanol–water partition coefficient (Wildman–Crippen LogP) is 1.20. The Balaban J connectivity index is 1.96. The van der Waals surface area contributed by atoms with Gasteiger partial charge in [-0.1, -0.05) is 0 Å². The molecule has 0 aliphatic carbocycles. The molecule has 0 radical (unpaired) electrons. The number of likely N-dealkylation sites (tertiary alicyclic amines) is 1. The first-order chi connectivity index (χ1) is 9.97. The van der Waals surface area contributed by atoms with E-state index in [0.717, 1.165) is 19.5 Å². The van der Waals surface area contributed by atoms with Crippen molar-refractivity contribution in [2.75, 3.05) is 39.0 Å². The number of rotatable bonds is 4.